The fraction of sp³-hybridized carbons (Fsp3) is 0.474. The highest BCUT2D eigenvalue weighted by Crippen LogP contribution is 2.63. The first-order valence-corrected chi connectivity index (χ1v) is 8.39. The fourth-order valence-corrected chi connectivity index (χ4v) is 4.66. The van der Waals surface area contributed by atoms with Crippen LogP contribution in [0.1, 0.15) is 12.0 Å². The van der Waals surface area contributed by atoms with E-state index in [-0.39, 0.29) is 17.7 Å². The van der Waals surface area contributed by atoms with E-state index >= 15 is 0 Å². The molecule has 0 aliphatic heterocycles. The van der Waals surface area contributed by atoms with Crippen LogP contribution in [0.15, 0.2) is 42.5 Å². The Morgan fingerprint density at radius 1 is 1.04 bits per heavy atom. The summed E-state index contributed by atoms with van der Waals surface area (Å²) >= 11 is 0. The predicted octanol–water partition coefficient (Wildman–Crippen LogP) is 2.11. The number of amides is 1. The van der Waals surface area contributed by atoms with Crippen molar-refractivity contribution in [1.29, 1.82) is 0 Å². The molecule has 0 heterocycles. The Balaban J connectivity index is 1.43. The van der Waals surface area contributed by atoms with Crippen LogP contribution in [0.3, 0.4) is 0 Å². The summed E-state index contributed by atoms with van der Waals surface area (Å²) < 4.78 is 0. The summed E-state index contributed by atoms with van der Waals surface area (Å²) in [4.78, 5) is 24.4. The molecule has 6 atom stereocenters. The monoisotopic (exact) mass is 311 g/mol. The third kappa shape index (κ3) is 2.46. The minimum Gasteiger partial charge on any atom is -0.481 e. The molecule has 4 nitrogen and oxygen atoms in total. The van der Waals surface area contributed by atoms with Crippen molar-refractivity contribution in [1.82, 2.24) is 5.32 Å². The fourth-order valence-electron chi connectivity index (χ4n) is 4.66. The molecule has 5 rings (SSSR count). The molecule has 0 radical (unpaired) electrons. The molecule has 0 spiro atoms. The van der Waals surface area contributed by atoms with Gasteiger partial charge in [-0.3, -0.25) is 9.59 Å². The Hall–Kier alpha value is -2.10. The van der Waals surface area contributed by atoms with Crippen molar-refractivity contribution in [3.05, 3.63) is 48.0 Å². The van der Waals surface area contributed by atoms with E-state index in [2.05, 4.69) is 11.4 Å². The number of hydrogen-bond donors (Lipinski definition) is 2. The number of carbonyl (C=O) groups excluding carboxylic acids is 1. The minimum absolute atomic E-state index is 0.0485. The van der Waals surface area contributed by atoms with Crippen molar-refractivity contribution in [2.75, 3.05) is 6.54 Å². The Bertz CT molecular complexity index is 654. The summed E-state index contributed by atoms with van der Waals surface area (Å²) in [5, 5.41) is 12.6. The van der Waals surface area contributed by atoms with Gasteiger partial charge in [-0.15, -0.1) is 0 Å². The molecule has 23 heavy (non-hydrogen) atoms. The molecule has 0 unspecified atom stereocenters. The van der Waals surface area contributed by atoms with Gasteiger partial charge in [-0.05, 0) is 42.1 Å². The van der Waals surface area contributed by atoms with Gasteiger partial charge in [0, 0.05) is 6.54 Å². The third-order valence-corrected chi connectivity index (χ3v) is 5.80. The third-order valence-electron chi connectivity index (χ3n) is 5.80. The molecule has 1 aromatic rings. The van der Waals surface area contributed by atoms with Crippen molar-refractivity contribution in [2.45, 2.75) is 12.8 Å². The molecule has 2 N–H and O–H groups in total. The molecule has 4 aliphatic carbocycles. The summed E-state index contributed by atoms with van der Waals surface area (Å²) in [5.74, 6) is -0.663. The van der Waals surface area contributed by atoms with Gasteiger partial charge in [-0.25, -0.2) is 0 Å². The first kappa shape index (κ1) is 14.5. The van der Waals surface area contributed by atoms with E-state index in [0.717, 1.165) is 12.8 Å². The number of nitrogens with one attached hydrogen (secondary N) is 1. The number of allylic oxidation sites excluding steroid dienone is 2. The molecule has 2 fully saturated rings. The number of aliphatic carboxylic acids is 1. The lowest BCUT2D eigenvalue weighted by molar-refractivity contribution is -0.153. The van der Waals surface area contributed by atoms with Crippen LogP contribution < -0.4 is 5.32 Å². The molecule has 120 valence electrons. The second-order valence-corrected chi connectivity index (χ2v) is 7.02. The zero-order valence-electron chi connectivity index (χ0n) is 12.9. The van der Waals surface area contributed by atoms with Crippen molar-refractivity contribution < 1.29 is 14.7 Å². The van der Waals surface area contributed by atoms with Crippen molar-refractivity contribution in [2.24, 2.45) is 35.5 Å². The normalized spacial score (nSPS) is 36.3. The summed E-state index contributed by atoms with van der Waals surface area (Å²) in [6, 6.07) is 10.0. The van der Waals surface area contributed by atoms with Crippen LogP contribution in [0.2, 0.25) is 0 Å². The SMILES string of the molecule is O=C(NCCc1ccccc1)[C@@H]1[C@@H]2C=C[C@H]([C@H]3C[C@H]23)[C@@H]1C(=O)O. The molecule has 4 aliphatic rings. The summed E-state index contributed by atoms with van der Waals surface area (Å²) in [5.41, 5.74) is 1.18. The maximum atomic E-state index is 12.6. The molecule has 4 heteroatoms. The van der Waals surface area contributed by atoms with Gasteiger partial charge in [-0.2, -0.15) is 0 Å². The molecule has 0 saturated heterocycles. The number of carboxylic acid groups (broad SMARTS) is 1. The molecular formula is C19H21NO3. The number of carbonyl (C=O) groups is 2. The lowest BCUT2D eigenvalue weighted by Gasteiger charge is -2.41. The Kier molecular flexibility index (Phi) is 3.47. The maximum absolute atomic E-state index is 12.6. The first-order chi connectivity index (χ1) is 11.2. The van der Waals surface area contributed by atoms with E-state index in [9.17, 15) is 14.7 Å². The average molecular weight is 311 g/mol. The Morgan fingerprint density at radius 3 is 2.35 bits per heavy atom. The van der Waals surface area contributed by atoms with Gasteiger partial charge < -0.3 is 10.4 Å². The van der Waals surface area contributed by atoms with Crippen molar-refractivity contribution in [3.8, 4) is 0 Å². The van der Waals surface area contributed by atoms with Crippen LogP contribution >= 0.6 is 0 Å². The lowest BCUT2D eigenvalue weighted by Crippen LogP contribution is -2.50. The molecule has 0 aromatic heterocycles. The van der Waals surface area contributed by atoms with Crippen molar-refractivity contribution >= 4 is 11.9 Å². The van der Waals surface area contributed by atoms with Gasteiger partial charge in [0.1, 0.15) is 0 Å². The van der Waals surface area contributed by atoms with Gasteiger partial charge >= 0.3 is 5.97 Å². The highest BCUT2D eigenvalue weighted by molar-refractivity contribution is 5.86. The highest BCUT2D eigenvalue weighted by atomic mass is 16.4. The molecular weight excluding hydrogens is 290 g/mol. The van der Waals surface area contributed by atoms with Gasteiger partial charge in [0.15, 0.2) is 0 Å². The van der Waals surface area contributed by atoms with Gasteiger partial charge in [0.05, 0.1) is 11.8 Å². The number of hydrogen-bond acceptors (Lipinski definition) is 2. The topological polar surface area (TPSA) is 66.4 Å². The molecule has 2 saturated carbocycles. The second kappa shape index (κ2) is 5.52. The second-order valence-electron chi connectivity index (χ2n) is 7.02. The van der Waals surface area contributed by atoms with Crippen LogP contribution in [0.25, 0.3) is 0 Å². The average Bonchev–Trinajstić information content (AvgIpc) is 3.37. The van der Waals surface area contributed by atoms with Crippen LogP contribution in [0.4, 0.5) is 0 Å². The highest BCUT2D eigenvalue weighted by Gasteiger charge is 2.62. The van der Waals surface area contributed by atoms with E-state index in [1.165, 1.54) is 5.56 Å². The van der Waals surface area contributed by atoms with Crippen LogP contribution in [-0.4, -0.2) is 23.5 Å². The van der Waals surface area contributed by atoms with E-state index in [1.54, 1.807) is 0 Å². The van der Waals surface area contributed by atoms with E-state index in [0.29, 0.717) is 18.4 Å². The molecule has 2 bridgehead atoms. The quantitative estimate of drug-likeness (QED) is 0.819. The smallest absolute Gasteiger partial charge is 0.307 e. The largest absolute Gasteiger partial charge is 0.481 e. The standard InChI is InChI=1S/C19H21NO3/c21-18(20-9-8-11-4-2-1-3-5-11)16-12-6-7-13(15-10-14(12)15)17(16)19(22)23/h1-7,12-17H,8-10H2,(H,20,21)(H,22,23)/t12-,13-,14-,15-,16-,17+/m1/s1. The molecule has 1 aromatic carbocycles. The van der Waals surface area contributed by atoms with E-state index in [4.69, 9.17) is 0 Å². The number of carboxylic acids is 1. The van der Waals surface area contributed by atoms with Gasteiger partial charge in [0.25, 0.3) is 0 Å². The number of benzene rings is 1. The number of fused-ring (bicyclic) bond motifs is 1. The van der Waals surface area contributed by atoms with Crippen LogP contribution in [0.5, 0.6) is 0 Å². The minimum atomic E-state index is -0.821. The summed E-state index contributed by atoms with van der Waals surface area (Å²) in [6.07, 6.45) is 6.00. The summed E-state index contributed by atoms with van der Waals surface area (Å²) in [7, 11) is 0. The zero-order chi connectivity index (χ0) is 16.0. The maximum Gasteiger partial charge on any atom is 0.307 e. The Morgan fingerprint density at radius 2 is 1.70 bits per heavy atom. The van der Waals surface area contributed by atoms with Gasteiger partial charge in [-0.1, -0.05) is 42.5 Å². The summed E-state index contributed by atoms with van der Waals surface area (Å²) in [6.45, 7) is 0.556. The predicted molar refractivity (Wildman–Crippen MR) is 85.5 cm³/mol. The zero-order valence-corrected chi connectivity index (χ0v) is 12.9. The Labute approximate surface area is 135 Å². The molecule has 1 amide bonds. The van der Waals surface area contributed by atoms with Crippen molar-refractivity contribution in [3.63, 3.8) is 0 Å². The van der Waals surface area contributed by atoms with Gasteiger partial charge in [0.2, 0.25) is 5.91 Å². The number of rotatable bonds is 5. The lowest BCUT2D eigenvalue weighted by atomic mass is 9.62. The van der Waals surface area contributed by atoms with Crippen LogP contribution in [0, 0.1) is 35.5 Å². The van der Waals surface area contributed by atoms with E-state index in [1.807, 2.05) is 36.4 Å². The first-order valence-electron chi connectivity index (χ1n) is 8.39. The van der Waals surface area contributed by atoms with Crippen LogP contribution in [-0.2, 0) is 16.0 Å². The van der Waals surface area contributed by atoms with E-state index < -0.39 is 17.8 Å².